The molecule has 0 radical (unpaired) electrons. The second-order valence-electron chi connectivity index (χ2n) is 8.51. The van der Waals surface area contributed by atoms with Crippen LogP contribution in [0.5, 0.6) is 0 Å². The Hall–Kier alpha value is -4.15. The number of nitrogens with one attached hydrogen (secondary N) is 1. The van der Waals surface area contributed by atoms with Crippen LogP contribution in [0.1, 0.15) is 32.9 Å². The Balaban J connectivity index is 1.77. The normalized spacial score (nSPS) is 11.2. The molecule has 0 fully saturated rings. The average Bonchev–Trinajstić information content (AvgIpc) is 2.80. The summed E-state index contributed by atoms with van der Waals surface area (Å²) < 4.78 is 38.1. The summed E-state index contributed by atoms with van der Waals surface area (Å²) in [6.07, 6.45) is -4.45. The predicted molar refractivity (Wildman–Crippen MR) is 128 cm³/mol. The van der Waals surface area contributed by atoms with E-state index in [0.29, 0.717) is 35.1 Å². The fourth-order valence-electron chi connectivity index (χ4n) is 3.53. The van der Waals surface area contributed by atoms with Gasteiger partial charge in [0.2, 0.25) is 0 Å². The number of aromatic nitrogens is 2. The number of carboxylic acids is 1. The number of carboxylic acid groups (broad SMARTS) is 1. The van der Waals surface area contributed by atoms with Gasteiger partial charge in [-0.15, -0.1) is 0 Å². The van der Waals surface area contributed by atoms with Gasteiger partial charge in [0.1, 0.15) is 17.5 Å². The molecule has 0 bridgehead atoms. The maximum absolute atomic E-state index is 12.7. The largest absolute Gasteiger partial charge is 0.550 e. The quantitative estimate of drug-likeness (QED) is 0.507. The third-order valence-corrected chi connectivity index (χ3v) is 5.23. The summed E-state index contributed by atoms with van der Waals surface area (Å²) >= 11 is 0. The van der Waals surface area contributed by atoms with Crippen LogP contribution in [-0.2, 0) is 23.8 Å². The Labute approximate surface area is 206 Å². The van der Waals surface area contributed by atoms with Crippen LogP contribution in [-0.4, -0.2) is 50.0 Å². The number of alkyl halides is 3. The van der Waals surface area contributed by atoms with Crippen LogP contribution in [0.3, 0.4) is 0 Å². The first-order valence-electron chi connectivity index (χ1n) is 10.9. The summed E-state index contributed by atoms with van der Waals surface area (Å²) in [5.41, 5.74) is 1.04. The van der Waals surface area contributed by atoms with Crippen molar-refractivity contribution >= 4 is 29.2 Å². The number of hydrogen-bond donors (Lipinski definition) is 1. The number of anilines is 3. The maximum atomic E-state index is 12.7. The first kappa shape index (κ1) is 26.5. The van der Waals surface area contributed by atoms with Gasteiger partial charge in [-0.2, -0.15) is 13.2 Å². The van der Waals surface area contributed by atoms with Crippen molar-refractivity contribution in [2.45, 2.75) is 19.0 Å². The minimum atomic E-state index is -4.47. The van der Waals surface area contributed by atoms with E-state index in [2.05, 4.69) is 15.3 Å². The van der Waals surface area contributed by atoms with Crippen molar-refractivity contribution in [1.82, 2.24) is 9.97 Å². The van der Waals surface area contributed by atoms with Gasteiger partial charge >= 0.3 is 6.18 Å². The lowest BCUT2D eigenvalue weighted by molar-refractivity contribution is -0.304. The predicted octanol–water partition coefficient (Wildman–Crippen LogP) is 2.76. The molecule has 2 aromatic carbocycles. The second-order valence-corrected chi connectivity index (χ2v) is 8.51. The Morgan fingerprint density at radius 2 is 1.42 bits per heavy atom. The second kappa shape index (κ2) is 10.6. The molecule has 0 spiro atoms. The molecule has 1 heterocycles. The Kier molecular flexibility index (Phi) is 7.81. The molecule has 0 aliphatic heterocycles. The lowest BCUT2D eigenvalue weighted by atomic mass is 10.1. The van der Waals surface area contributed by atoms with Gasteiger partial charge in [-0.1, -0.05) is 12.1 Å². The molecule has 1 amide bonds. The third-order valence-electron chi connectivity index (χ3n) is 5.23. The van der Waals surface area contributed by atoms with Crippen molar-refractivity contribution in [3.05, 3.63) is 76.6 Å². The Morgan fingerprint density at radius 3 is 1.86 bits per heavy atom. The van der Waals surface area contributed by atoms with E-state index < -0.39 is 23.6 Å². The Bertz CT molecular complexity index is 1210. The monoisotopic (exact) mass is 501 g/mol. The summed E-state index contributed by atoms with van der Waals surface area (Å²) in [7, 11) is 7.05. The van der Waals surface area contributed by atoms with Gasteiger partial charge in [-0.25, -0.2) is 9.97 Å². The fraction of sp³-hybridized carbons (Fsp3) is 0.280. The molecule has 8 nitrogen and oxygen atoms in total. The Morgan fingerprint density at radius 1 is 0.889 bits per heavy atom. The zero-order valence-corrected chi connectivity index (χ0v) is 20.2. The van der Waals surface area contributed by atoms with Gasteiger partial charge in [0.05, 0.1) is 5.56 Å². The topological polar surface area (TPSA) is 101 Å². The summed E-state index contributed by atoms with van der Waals surface area (Å²) in [4.78, 5) is 36.2. The molecule has 0 unspecified atom stereocenters. The summed E-state index contributed by atoms with van der Waals surface area (Å²) in [5.74, 6) is -0.325. The molecule has 3 aromatic rings. The number of halogens is 3. The standard InChI is InChI=1S/C25H26F3N5O3/c1-32(2)22-19(14-21(34)35)23(33(3)4)31-20(30-22)13-15-5-11-18(12-6-15)29-24(36)16-7-9-17(10-8-16)25(26,27)28/h5-12H,13-14H2,1-4H3,(H,29,36)(H,34,35)/p-1/i20+1. The minimum absolute atomic E-state index is 0.101. The van der Waals surface area contributed by atoms with E-state index in [-0.39, 0.29) is 12.0 Å². The van der Waals surface area contributed by atoms with Crippen molar-refractivity contribution in [3.63, 3.8) is 0 Å². The van der Waals surface area contributed by atoms with Crippen molar-refractivity contribution in [3.8, 4) is 0 Å². The van der Waals surface area contributed by atoms with Gasteiger partial charge in [-0.3, -0.25) is 4.79 Å². The summed E-state index contributed by atoms with van der Waals surface area (Å²) in [6.45, 7) is 0. The SMILES string of the molecule is CN(C)c1n[13c](Cc2ccc(NC(=O)c3ccc(C(F)(F)F)cc3)cc2)nc(N(C)C)c1CC(=O)[O-]. The van der Waals surface area contributed by atoms with Crippen molar-refractivity contribution in [1.29, 1.82) is 0 Å². The van der Waals surface area contributed by atoms with E-state index in [1.165, 1.54) is 0 Å². The average molecular weight is 501 g/mol. The van der Waals surface area contributed by atoms with Gasteiger partial charge in [0, 0.05) is 63.8 Å². The first-order valence-corrected chi connectivity index (χ1v) is 10.9. The molecule has 0 atom stereocenters. The first-order chi connectivity index (χ1) is 16.8. The highest BCUT2D eigenvalue weighted by molar-refractivity contribution is 6.04. The smallest absolute Gasteiger partial charge is 0.416 e. The molecule has 1 aromatic heterocycles. The number of rotatable bonds is 8. The van der Waals surface area contributed by atoms with Crippen molar-refractivity contribution in [2.75, 3.05) is 43.3 Å². The van der Waals surface area contributed by atoms with Crippen LogP contribution in [0.2, 0.25) is 0 Å². The van der Waals surface area contributed by atoms with Crippen molar-refractivity contribution < 1.29 is 27.9 Å². The van der Waals surface area contributed by atoms with E-state index >= 15 is 0 Å². The number of benzene rings is 2. The molecule has 190 valence electrons. The van der Waals surface area contributed by atoms with Gasteiger partial charge < -0.3 is 25.0 Å². The summed E-state index contributed by atoms with van der Waals surface area (Å²) in [5, 5.41) is 13.9. The lowest BCUT2D eigenvalue weighted by Crippen LogP contribution is -2.28. The minimum Gasteiger partial charge on any atom is -0.550 e. The van der Waals surface area contributed by atoms with Crippen LogP contribution in [0.4, 0.5) is 30.5 Å². The van der Waals surface area contributed by atoms with Crippen LogP contribution < -0.4 is 20.2 Å². The van der Waals surface area contributed by atoms with Gasteiger partial charge in [0.15, 0.2) is 0 Å². The highest BCUT2D eigenvalue weighted by atomic mass is 19.4. The number of nitrogens with zero attached hydrogens (tertiary/aromatic N) is 4. The van der Waals surface area contributed by atoms with Crippen molar-refractivity contribution in [2.24, 2.45) is 0 Å². The summed E-state index contributed by atoms with van der Waals surface area (Å²) in [6, 6.07) is 10.8. The van der Waals surface area contributed by atoms with Gasteiger partial charge in [-0.05, 0) is 42.0 Å². The number of carbonyl (C=O) groups is 2. The molecule has 3 rings (SSSR count). The number of carbonyl (C=O) groups excluding carboxylic acids is 2. The molecular weight excluding hydrogens is 476 g/mol. The van der Waals surface area contributed by atoms with E-state index in [1.54, 1.807) is 62.3 Å². The van der Waals surface area contributed by atoms with E-state index in [9.17, 15) is 27.9 Å². The van der Waals surface area contributed by atoms with E-state index in [4.69, 9.17) is 0 Å². The molecule has 0 saturated carbocycles. The molecule has 0 saturated heterocycles. The highest BCUT2D eigenvalue weighted by Crippen LogP contribution is 2.29. The van der Waals surface area contributed by atoms with Crippen LogP contribution in [0.15, 0.2) is 48.5 Å². The highest BCUT2D eigenvalue weighted by Gasteiger charge is 2.30. The molecule has 0 aliphatic carbocycles. The molecule has 36 heavy (non-hydrogen) atoms. The number of hydrogen-bond acceptors (Lipinski definition) is 7. The van der Waals surface area contributed by atoms with Gasteiger partial charge in [0.25, 0.3) is 5.91 Å². The molecule has 11 heteroatoms. The molecule has 1 N–H and O–H groups in total. The number of aliphatic carboxylic acids is 1. The molecule has 0 aliphatic rings. The zero-order chi connectivity index (χ0) is 26.6. The fourth-order valence-corrected chi connectivity index (χ4v) is 3.53. The van der Waals surface area contributed by atoms with Crippen LogP contribution in [0.25, 0.3) is 0 Å². The van der Waals surface area contributed by atoms with Crippen LogP contribution in [0, 0.1) is 0 Å². The third kappa shape index (κ3) is 6.49. The zero-order valence-electron chi connectivity index (χ0n) is 20.2. The van der Waals surface area contributed by atoms with Crippen LogP contribution >= 0.6 is 0 Å². The number of amides is 1. The van der Waals surface area contributed by atoms with E-state index in [1.807, 2.05) is 0 Å². The van der Waals surface area contributed by atoms with E-state index in [0.717, 1.165) is 29.8 Å². The lowest BCUT2D eigenvalue weighted by Gasteiger charge is -2.23. The maximum Gasteiger partial charge on any atom is 0.416 e. The molecular formula is C25H25F3N5O3-.